The molecule has 0 aliphatic carbocycles. The third-order valence-electron chi connectivity index (χ3n) is 5.06. The minimum atomic E-state index is -0.242. The van der Waals surface area contributed by atoms with Crippen molar-refractivity contribution in [3.63, 3.8) is 0 Å². The fourth-order valence-electron chi connectivity index (χ4n) is 3.69. The van der Waals surface area contributed by atoms with E-state index in [4.69, 9.17) is 0 Å². The second kappa shape index (κ2) is 7.58. The lowest BCUT2D eigenvalue weighted by molar-refractivity contribution is 0.0781. The molecular formula is C21H26N4O. The molecule has 1 atom stereocenters. The lowest BCUT2D eigenvalue weighted by Gasteiger charge is -2.35. The number of piperazine rings is 1. The first-order valence-corrected chi connectivity index (χ1v) is 9.33. The Bertz CT molecular complexity index is 848. The number of fused-ring (bicyclic) bond motifs is 1. The van der Waals surface area contributed by atoms with Crippen LogP contribution in [0.25, 0.3) is 16.7 Å². The Morgan fingerprint density at radius 1 is 0.962 bits per heavy atom. The van der Waals surface area contributed by atoms with E-state index < -0.39 is 0 Å². The molecular weight excluding hydrogens is 324 g/mol. The molecule has 5 nitrogen and oxygen atoms in total. The second-order valence-electron chi connectivity index (χ2n) is 7.20. The van der Waals surface area contributed by atoms with Crippen LogP contribution in [0.15, 0.2) is 54.9 Å². The summed E-state index contributed by atoms with van der Waals surface area (Å²) in [6.45, 7) is 7.79. The van der Waals surface area contributed by atoms with Gasteiger partial charge in [0.2, 0.25) is 0 Å². The fraction of sp³-hybridized carbons (Fsp3) is 0.381. The van der Waals surface area contributed by atoms with Gasteiger partial charge in [-0.3, -0.25) is 14.4 Å². The third-order valence-corrected chi connectivity index (χ3v) is 5.06. The van der Waals surface area contributed by atoms with Gasteiger partial charge in [0.25, 0.3) is 0 Å². The molecule has 136 valence electrons. The Hall–Kier alpha value is -2.21. The van der Waals surface area contributed by atoms with Gasteiger partial charge >= 0.3 is 0 Å². The van der Waals surface area contributed by atoms with Crippen LogP contribution in [0.5, 0.6) is 0 Å². The van der Waals surface area contributed by atoms with E-state index in [0.717, 1.165) is 56.0 Å². The molecule has 2 heterocycles. The molecule has 0 unspecified atom stereocenters. The molecule has 3 aromatic rings. The summed E-state index contributed by atoms with van der Waals surface area (Å²) < 4.78 is 2.13. The van der Waals surface area contributed by atoms with E-state index in [1.807, 2.05) is 31.5 Å². The highest BCUT2D eigenvalue weighted by Gasteiger charge is 2.17. The van der Waals surface area contributed by atoms with E-state index in [9.17, 15) is 5.11 Å². The molecule has 1 saturated heterocycles. The highest BCUT2D eigenvalue weighted by molar-refractivity contribution is 5.77. The zero-order chi connectivity index (χ0) is 17.9. The van der Waals surface area contributed by atoms with Gasteiger partial charge in [-0.25, -0.2) is 4.98 Å². The van der Waals surface area contributed by atoms with Gasteiger partial charge in [0.15, 0.2) is 0 Å². The molecule has 1 aliphatic heterocycles. The van der Waals surface area contributed by atoms with Gasteiger partial charge in [-0.05, 0) is 36.8 Å². The van der Waals surface area contributed by atoms with Crippen molar-refractivity contribution in [2.24, 2.45) is 0 Å². The van der Waals surface area contributed by atoms with Gasteiger partial charge in [0.05, 0.1) is 17.1 Å². The molecule has 0 amide bonds. The molecule has 26 heavy (non-hydrogen) atoms. The van der Waals surface area contributed by atoms with Crippen LogP contribution in [0.1, 0.15) is 12.5 Å². The SMILES string of the molecule is C[C@@H](O)CN1CCN(Cc2ccc(-n3cnc4ccccc43)cc2)CC1. The highest BCUT2D eigenvalue weighted by atomic mass is 16.3. The van der Waals surface area contributed by atoms with Crippen LogP contribution in [-0.2, 0) is 6.54 Å². The Morgan fingerprint density at radius 3 is 2.38 bits per heavy atom. The van der Waals surface area contributed by atoms with Gasteiger partial charge < -0.3 is 5.11 Å². The molecule has 0 saturated carbocycles. The van der Waals surface area contributed by atoms with Gasteiger partial charge in [-0.1, -0.05) is 24.3 Å². The topological polar surface area (TPSA) is 44.5 Å². The van der Waals surface area contributed by atoms with Crippen LogP contribution in [-0.4, -0.2) is 63.3 Å². The molecule has 4 rings (SSSR count). The van der Waals surface area contributed by atoms with Crippen LogP contribution in [0.3, 0.4) is 0 Å². The standard InChI is InChI=1S/C21H26N4O/c1-17(26)14-23-10-12-24(13-11-23)15-18-6-8-19(9-7-18)25-16-22-20-4-2-3-5-21(20)25/h2-9,16-17,26H,10-15H2,1H3/t17-/m1/s1. The predicted molar refractivity (Wildman–Crippen MR) is 104 cm³/mol. The predicted octanol–water partition coefficient (Wildman–Crippen LogP) is 2.52. The number of benzene rings is 2. The van der Waals surface area contributed by atoms with E-state index >= 15 is 0 Å². The number of hydrogen-bond donors (Lipinski definition) is 1. The number of β-amino-alcohol motifs (C(OH)–C–C–N with tert-alkyl or cyclic N) is 1. The van der Waals surface area contributed by atoms with Gasteiger partial charge in [-0.2, -0.15) is 0 Å². The maximum atomic E-state index is 9.51. The van der Waals surface area contributed by atoms with E-state index in [1.54, 1.807) is 0 Å². The normalized spacial score (nSPS) is 17.6. The van der Waals surface area contributed by atoms with Crippen molar-refractivity contribution in [2.75, 3.05) is 32.7 Å². The van der Waals surface area contributed by atoms with Crippen molar-refractivity contribution in [3.05, 3.63) is 60.4 Å². The number of rotatable bonds is 5. The van der Waals surface area contributed by atoms with Gasteiger partial charge in [0.1, 0.15) is 6.33 Å². The summed E-state index contributed by atoms with van der Waals surface area (Å²) in [5, 5.41) is 9.51. The van der Waals surface area contributed by atoms with Crippen LogP contribution in [0.2, 0.25) is 0 Å². The summed E-state index contributed by atoms with van der Waals surface area (Å²) in [6, 6.07) is 17.0. The number of para-hydroxylation sites is 2. The smallest absolute Gasteiger partial charge is 0.100 e. The third kappa shape index (κ3) is 3.80. The summed E-state index contributed by atoms with van der Waals surface area (Å²) >= 11 is 0. The zero-order valence-corrected chi connectivity index (χ0v) is 15.3. The maximum absolute atomic E-state index is 9.51. The zero-order valence-electron chi connectivity index (χ0n) is 15.3. The number of hydrogen-bond acceptors (Lipinski definition) is 4. The Kier molecular flexibility index (Phi) is 5.02. The molecule has 5 heteroatoms. The van der Waals surface area contributed by atoms with E-state index in [1.165, 1.54) is 5.56 Å². The molecule has 1 fully saturated rings. The van der Waals surface area contributed by atoms with Crippen LogP contribution in [0, 0.1) is 0 Å². The average Bonchev–Trinajstić information content (AvgIpc) is 3.08. The summed E-state index contributed by atoms with van der Waals surface area (Å²) in [6.07, 6.45) is 1.65. The Labute approximate surface area is 154 Å². The molecule has 1 aromatic heterocycles. The van der Waals surface area contributed by atoms with E-state index in [-0.39, 0.29) is 6.10 Å². The van der Waals surface area contributed by atoms with Crippen molar-refractivity contribution in [1.82, 2.24) is 19.4 Å². The van der Waals surface area contributed by atoms with E-state index in [0.29, 0.717) is 0 Å². The highest BCUT2D eigenvalue weighted by Crippen LogP contribution is 2.19. The molecule has 0 radical (unpaired) electrons. The molecule has 1 N–H and O–H groups in total. The monoisotopic (exact) mass is 350 g/mol. The number of aliphatic hydroxyl groups excluding tert-OH is 1. The number of imidazole rings is 1. The summed E-state index contributed by atoms with van der Waals surface area (Å²) in [4.78, 5) is 9.30. The lowest BCUT2D eigenvalue weighted by atomic mass is 10.1. The minimum Gasteiger partial charge on any atom is -0.392 e. The van der Waals surface area contributed by atoms with Crippen molar-refractivity contribution in [3.8, 4) is 5.69 Å². The van der Waals surface area contributed by atoms with Gasteiger partial charge in [0, 0.05) is 45.0 Å². The Balaban J connectivity index is 1.39. The van der Waals surface area contributed by atoms with Crippen LogP contribution >= 0.6 is 0 Å². The fourth-order valence-corrected chi connectivity index (χ4v) is 3.69. The summed E-state index contributed by atoms with van der Waals surface area (Å²) in [5.41, 5.74) is 4.63. The molecule has 2 aromatic carbocycles. The molecule has 1 aliphatic rings. The van der Waals surface area contributed by atoms with Crippen LogP contribution < -0.4 is 0 Å². The second-order valence-corrected chi connectivity index (χ2v) is 7.20. The first-order valence-electron chi connectivity index (χ1n) is 9.33. The number of aliphatic hydroxyl groups is 1. The average molecular weight is 350 g/mol. The quantitative estimate of drug-likeness (QED) is 0.768. The van der Waals surface area contributed by atoms with Crippen molar-refractivity contribution in [2.45, 2.75) is 19.6 Å². The maximum Gasteiger partial charge on any atom is 0.100 e. The first kappa shape index (κ1) is 17.2. The van der Waals surface area contributed by atoms with Crippen molar-refractivity contribution < 1.29 is 5.11 Å². The summed E-state index contributed by atoms with van der Waals surface area (Å²) in [7, 11) is 0. The van der Waals surface area contributed by atoms with Crippen molar-refractivity contribution >= 4 is 11.0 Å². The first-order chi connectivity index (χ1) is 12.7. The molecule has 0 bridgehead atoms. The number of nitrogens with zero attached hydrogens (tertiary/aromatic N) is 4. The van der Waals surface area contributed by atoms with E-state index in [2.05, 4.69) is 49.7 Å². The number of aromatic nitrogens is 2. The Morgan fingerprint density at radius 2 is 1.65 bits per heavy atom. The van der Waals surface area contributed by atoms with Crippen LogP contribution in [0.4, 0.5) is 0 Å². The van der Waals surface area contributed by atoms with Crippen molar-refractivity contribution in [1.29, 1.82) is 0 Å². The molecule has 0 spiro atoms. The lowest BCUT2D eigenvalue weighted by Crippen LogP contribution is -2.47. The van der Waals surface area contributed by atoms with Gasteiger partial charge in [-0.15, -0.1) is 0 Å². The largest absolute Gasteiger partial charge is 0.392 e. The minimum absolute atomic E-state index is 0.242. The summed E-state index contributed by atoms with van der Waals surface area (Å²) in [5.74, 6) is 0.